The molecule has 0 fully saturated rings. The van der Waals surface area contributed by atoms with E-state index in [9.17, 15) is 14.9 Å². The normalized spacial score (nSPS) is 10.3. The lowest BCUT2D eigenvalue weighted by atomic mass is 9.95. The Morgan fingerprint density at radius 2 is 1.77 bits per heavy atom. The van der Waals surface area contributed by atoms with Crippen LogP contribution in [0.1, 0.15) is 21.5 Å². The van der Waals surface area contributed by atoms with Gasteiger partial charge in [0.05, 0.1) is 17.6 Å². The molecule has 0 saturated heterocycles. The fourth-order valence-electron chi connectivity index (χ4n) is 2.96. The van der Waals surface area contributed by atoms with Gasteiger partial charge >= 0.3 is 0 Å². The van der Waals surface area contributed by atoms with Crippen LogP contribution in [-0.2, 0) is 6.42 Å². The fourth-order valence-corrected chi connectivity index (χ4v) is 2.96. The van der Waals surface area contributed by atoms with E-state index >= 15 is 0 Å². The Morgan fingerprint density at radius 3 is 2.42 bits per heavy atom. The molecule has 0 N–H and O–H groups in total. The van der Waals surface area contributed by atoms with Gasteiger partial charge < -0.3 is 4.74 Å². The number of carbonyl (C=O) groups excluding carboxylic acids is 1. The summed E-state index contributed by atoms with van der Waals surface area (Å²) < 4.78 is 5.43. The quantitative estimate of drug-likeness (QED) is 0.369. The van der Waals surface area contributed by atoms with Gasteiger partial charge in [-0.1, -0.05) is 42.5 Å². The van der Waals surface area contributed by atoms with Crippen LogP contribution in [0.2, 0.25) is 0 Å². The summed E-state index contributed by atoms with van der Waals surface area (Å²) in [5, 5.41) is 11.1. The molecule has 0 unspecified atom stereocenters. The first-order valence-electron chi connectivity index (χ1n) is 8.07. The molecule has 0 bridgehead atoms. The summed E-state index contributed by atoms with van der Waals surface area (Å²) in [4.78, 5) is 22.2. The number of hydrogen-bond acceptors (Lipinski definition) is 4. The smallest absolute Gasteiger partial charge is 0.270 e. The van der Waals surface area contributed by atoms with E-state index in [1.807, 2.05) is 36.4 Å². The van der Waals surface area contributed by atoms with Gasteiger partial charge in [-0.15, -0.1) is 0 Å². The molecule has 5 heteroatoms. The molecule has 0 spiro atoms. The average Bonchev–Trinajstić information content (AvgIpc) is 2.68. The zero-order valence-corrected chi connectivity index (χ0v) is 14.2. The first-order valence-corrected chi connectivity index (χ1v) is 8.07. The standard InChI is InChI=1S/C21H17NO4/c1-26-21-18(14-23)11-16(10-15-6-3-2-4-7-15)12-20(21)17-8-5-9-19(13-17)22(24)25/h2-9,11-14H,10H2,1H3. The number of benzene rings is 3. The maximum Gasteiger partial charge on any atom is 0.270 e. The Morgan fingerprint density at radius 1 is 1.00 bits per heavy atom. The Labute approximate surface area is 151 Å². The highest BCUT2D eigenvalue weighted by molar-refractivity contribution is 5.87. The van der Waals surface area contributed by atoms with Crippen molar-refractivity contribution in [2.45, 2.75) is 6.42 Å². The van der Waals surface area contributed by atoms with E-state index in [0.717, 1.165) is 17.4 Å². The molecule has 0 radical (unpaired) electrons. The van der Waals surface area contributed by atoms with Gasteiger partial charge in [-0.25, -0.2) is 0 Å². The summed E-state index contributed by atoms with van der Waals surface area (Å²) in [6, 6.07) is 19.9. The van der Waals surface area contributed by atoms with Crippen molar-refractivity contribution in [3.63, 3.8) is 0 Å². The van der Waals surface area contributed by atoms with E-state index in [4.69, 9.17) is 4.74 Å². The maximum atomic E-state index is 11.6. The molecule has 0 saturated carbocycles. The SMILES string of the molecule is COc1c(C=O)cc(Cc2ccccc2)cc1-c1cccc([N+](=O)[O-])c1. The molecular weight excluding hydrogens is 330 g/mol. The van der Waals surface area contributed by atoms with Crippen LogP contribution in [0.4, 0.5) is 5.69 Å². The molecule has 3 rings (SSSR count). The van der Waals surface area contributed by atoms with Gasteiger partial charge in [-0.3, -0.25) is 14.9 Å². The van der Waals surface area contributed by atoms with E-state index in [1.54, 1.807) is 18.2 Å². The van der Waals surface area contributed by atoms with Gasteiger partial charge in [0.15, 0.2) is 6.29 Å². The van der Waals surface area contributed by atoms with Crippen molar-refractivity contribution in [3.8, 4) is 16.9 Å². The number of rotatable bonds is 6. The molecule has 130 valence electrons. The number of nitrogens with zero attached hydrogens (tertiary/aromatic N) is 1. The predicted octanol–water partition coefficient (Wildman–Crippen LogP) is 4.67. The fraction of sp³-hybridized carbons (Fsp3) is 0.0952. The molecule has 0 atom stereocenters. The number of methoxy groups -OCH3 is 1. The lowest BCUT2D eigenvalue weighted by Gasteiger charge is -2.14. The first-order chi connectivity index (χ1) is 12.6. The largest absolute Gasteiger partial charge is 0.495 e. The lowest BCUT2D eigenvalue weighted by Crippen LogP contribution is -1.98. The zero-order chi connectivity index (χ0) is 18.5. The molecule has 3 aromatic rings. The second-order valence-electron chi connectivity index (χ2n) is 5.85. The van der Waals surface area contributed by atoms with Crippen LogP contribution in [0.3, 0.4) is 0 Å². The monoisotopic (exact) mass is 347 g/mol. The molecule has 0 aliphatic heterocycles. The summed E-state index contributed by atoms with van der Waals surface area (Å²) in [6.07, 6.45) is 1.39. The number of carbonyl (C=O) groups is 1. The Kier molecular flexibility index (Phi) is 5.08. The third-order valence-corrected chi connectivity index (χ3v) is 4.13. The number of nitro groups is 1. The van der Waals surface area contributed by atoms with Gasteiger partial charge in [-0.05, 0) is 35.2 Å². The topological polar surface area (TPSA) is 69.4 Å². The molecule has 5 nitrogen and oxygen atoms in total. The van der Waals surface area contributed by atoms with E-state index < -0.39 is 4.92 Å². The van der Waals surface area contributed by atoms with Crippen LogP contribution >= 0.6 is 0 Å². The van der Waals surface area contributed by atoms with Crippen molar-refractivity contribution < 1.29 is 14.5 Å². The summed E-state index contributed by atoms with van der Waals surface area (Å²) in [6.45, 7) is 0. The Balaban J connectivity index is 2.13. The van der Waals surface area contributed by atoms with E-state index in [2.05, 4.69) is 0 Å². The molecule has 0 aliphatic carbocycles. The van der Waals surface area contributed by atoms with Gasteiger partial charge in [0.2, 0.25) is 0 Å². The highest BCUT2D eigenvalue weighted by atomic mass is 16.6. The molecule has 0 heterocycles. The van der Waals surface area contributed by atoms with Crippen LogP contribution in [-0.4, -0.2) is 18.3 Å². The van der Waals surface area contributed by atoms with Crippen LogP contribution in [0.5, 0.6) is 5.75 Å². The van der Waals surface area contributed by atoms with Gasteiger partial charge in [0, 0.05) is 17.7 Å². The molecule has 26 heavy (non-hydrogen) atoms. The summed E-state index contributed by atoms with van der Waals surface area (Å²) in [7, 11) is 1.49. The van der Waals surface area contributed by atoms with Crippen molar-refractivity contribution in [3.05, 3.63) is 93.5 Å². The van der Waals surface area contributed by atoms with Crippen molar-refractivity contribution in [2.24, 2.45) is 0 Å². The summed E-state index contributed by atoms with van der Waals surface area (Å²) >= 11 is 0. The average molecular weight is 347 g/mol. The third-order valence-electron chi connectivity index (χ3n) is 4.13. The van der Waals surface area contributed by atoms with Crippen LogP contribution < -0.4 is 4.74 Å². The number of hydrogen-bond donors (Lipinski definition) is 0. The van der Waals surface area contributed by atoms with E-state index in [1.165, 1.54) is 19.2 Å². The predicted molar refractivity (Wildman–Crippen MR) is 99.7 cm³/mol. The number of nitro benzene ring substituents is 1. The molecule has 0 aliphatic rings. The van der Waals surface area contributed by atoms with E-state index in [-0.39, 0.29) is 5.69 Å². The minimum Gasteiger partial charge on any atom is -0.495 e. The van der Waals surface area contributed by atoms with Gasteiger partial charge in [0.25, 0.3) is 5.69 Å². The molecule has 0 amide bonds. The third kappa shape index (κ3) is 3.62. The Bertz CT molecular complexity index is 951. The Hall–Kier alpha value is -3.47. The molecule has 0 aromatic heterocycles. The van der Waals surface area contributed by atoms with Crippen molar-refractivity contribution in [2.75, 3.05) is 7.11 Å². The molecular formula is C21H17NO4. The van der Waals surface area contributed by atoms with Gasteiger partial charge in [0.1, 0.15) is 5.75 Å². The minimum atomic E-state index is -0.440. The zero-order valence-electron chi connectivity index (χ0n) is 14.2. The highest BCUT2D eigenvalue weighted by Crippen LogP contribution is 2.35. The number of non-ortho nitro benzene ring substituents is 1. The minimum absolute atomic E-state index is 0.00864. The number of aldehydes is 1. The van der Waals surface area contributed by atoms with Gasteiger partial charge in [-0.2, -0.15) is 0 Å². The van der Waals surface area contributed by atoms with Crippen LogP contribution in [0.25, 0.3) is 11.1 Å². The molecule has 3 aromatic carbocycles. The van der Waals surface area contributed by atoms with Crippen molar-refractivity contribution >= 4 is 12.0 Å². The van der Waals surface area contributed by atoms with Crippen molar-refractivity contribution in [1.82, 2.24) is 0 Å². The van der Waals surface area contributed by atoms with Crippen molar-refractivity contribution in [1.29, 1.82) is 0 Å². The summed E-state index contributed by atoms with van der Waals surface area (Å²) in [5.41, 5.74) is 3.74. The van der Waals surface area contributed by atoms with Crippen LogP contribution in [0.15, 0.2) is 66.7 Å². The highest BCUT2D eigenvalue weighted by Gasteiger charge is 2.16. The first kappa shape index (κ1) is 17.4. The lowest BCUT2D eigenvalue weighted by molar-refractivity contribution is -0.384. The summed E-state index contributed by atoms with van der Waals surface area (Å²) in [5.74, 6) is 0.414. The van der Waals surface area contributed by atoms with Crippen LogP contribution in [0, 0.1) is 10.1 Å². The second kappa shape index (κ2) is 7.61. The maximum absolute atomic E-state index is 11.6. The number of ether oxygens (including phenoxy) is 1. The second-order valence-corrected chi connectivity index (χ2v) is 5.85. The van der Waals surface area contributed by atoms with E-state index in [0.29, 0.717) is 28.9 Å².